The number of rotatable bonds is 4. The molecule has 2 aromatic carbocycles. The fourth-order valence-electron chi connectivity index (χ4n) is 1.97. The van der Waals surface area contributed by atoms with Gasteiger partial charge in [-0.3, -0.25) is 10.1 Å². The van der Waals surface area contributed by atoms with Gasteiger partial charge in [0.2, 0.25) is 0 Å². The number of aliphatic hydroxyl groups is 1. The Morgan fingerprint density at radius 1 is 1.26 bits per heavy atom. The quantitative estimate of drug-likeness (QED) is 0.676. The van der Waals surface area contributed by atoms with Crippen molar-refractivity contribution in [1.29, 1.82) is 0 Å². The van der Waals surface area contributed by atoms with Gasteiger partial charge < -0.3 is 9.84 Å². The van der Waals surface area contributed by atoms with Crippen LogP contribution in [0.3, 0.4) is 0 Å². The van der Waals surface area contributed by atoms with Gasteiger partial charge in [-0.2, -0.15) is 0 Å². The van der Waals surface area contributed by atoms with Gasteiger partial charge in [-0.1, -0.05) is 24.3 Å². The number of nitro groups is 1. The highest BCUT2D eigenvalue weighted by molar-refractivity contribution is 5.72. The molecular formula is C14H13NO4. The molecule has 5 nitrogen and oxygen atoms in total. The van der Waals surface area contributed by atoms with E-state index in [-0.39, 0.29) is 12.3 Å². The molecule has 0 fully saturated rings. The first-order chi connectivity index (χ1) is 9.17. The van der Waals surface area contributed by atoms with E-state index < -0.39 is 4.92 Å². The molecule has 5 heteroatoms. The Bertz CT molecular complexity index is 610. The second-order valence-electron chi connectivity index (χ2n) is 3.95. The number of hydrogen-bond acceptors (Lipinski definition) is 4. The highest BCUT2D eigenvalue weighted by atomic mass is 16.6. The van der Waals surface area contributed by atoms with Crippen molar-refractivity contribution in [3.63, 3.8) is 0 Å². The molecule has 0 aliphatic heterocycles. The van der Waals surface area contributed by atoms with Crippen molar-refractivity contribution in [3.8, 4) is 16.9 Å². The van der Waals surface area contributed by atoms with Gasteiger partial charge in [0.1, 0.15) is 5.75 Å². The van der Waals surface area contributed by atoms with Gasteiger partial charge in [-0.05, 0) is 23.3 Å². The molecule has 0 radical (unpaired) electrons. The second-order valence-corrected chi connectivity index (χ2v) is 3.95. The van der Waals surface area contributed by atoms with Crippen LogP contribution in [-0.2, 0) is 6.61 Å². The molecule has 0 aliphatic carbocycles. The van der Waals surface area contributed by atoms with Crippen LogP contribution in [0.1, 0.15) is 5.56 Å². The summed E-state index contributed by atoms with van der Waals surface area (Å²) in [5.41, 5.74) is 1.63. The first kappa shape index (κ1) is 13.0. The number of methoxy groups -OCH3 is 1. The molecule has 0 heterocycles. The van der Waals surface area contributed by atoms with Crippen molar-refractivity contribution in [2.45, 2.75) is 6.61 Å². The van der Waals surface area contributed by atoms with Crippen LogP contribution in [0.25, 0.3) is 11.1 Å². The summed E-state index contributed by atoms with van der Waals surface area (Å²) in [7, 11) is 1.56. The summed E-state index contributed by atoms with van der Waals surface area (Å²) in [6, 6.07) is 11.9. The Balaban J connectivity index is 2.61. The van der Waals surface area contributed by atoms with Crippen molar-refractivity contribution in [2.75, 3.05) is 7.11 Å². The minimum atomic E-state index is -0.491. The minimum Gasteiger partial charge on any atom is -0.497 e. The summed E-state index contributed by atoms with van der Waals surface area (Å²) in [6.07, 6.45) is 0. The number of ether oxygens (including phenoxy) is 1. The highest BCUT2D eigenvalue weighted by Gasteiger charge is 2.17. The molecule has 0 amide bonds. The van der Waals surface area contributed by atoms with Gasteiger partial charge in [-0.25, -0.2) is 0 Å². The lowest BCUT2D eigenvalue weighted by Gasteiger charge is -2.09. The predicted molar refractivity (Wildman–Crippen MR) is 71.0 cm³/mol. The lowest BCUT2D eigenvalue weighted by Crippen LogP contribution is -1.98. The summed E-state index contributed by atoms with van der Waals surface area (Å²) >= 11 is 0. The molecule has 0 saturated heterocycles. The van der Waals surface area contributed by atoms with Crippen LogP contribution >= 0.6 is 0 Å². The maximum absolute atomic E-state index is 11.0. The van der Waals surface area contributed by atoms with Crippen LogP contribution in [0.15, 0.2) is 42.5 Å². The van der Waals surface area contributed by atoms with Crippen molar-refractivity contribution in [1.82, 2.24) is 0 Å². The number of benzene rings is 2. The van der Waals surface area contributed by atoms with E-state index in [1.165, 1.54) is 6.07 Å². The third-order valence-electron chi connectivity index (χ3n) is 2.89. The zero-order valence-corrected chi connectivity index (χ0v) is 10.4. The molecule has 0 spiro atoms. The molecular weight excluding hydrogens is 246 g/mol. The summed E-state index contributed by atoms with van der Waals surface area (Å²) in [5, 5.41) is 20.4. The lowest BCUT2D eigenvalue weighted by atomic mass is 9.98. The zero-order valence-electron chi connectivity index (χ0n) is 10.4. The van der Waals surface area contributed by atoms with Crippen LogP contribution in [0.4, 0.5) is 5.69 Å². The standard InChI is InChI=1S/C14H13NO4/c1-19-11-5-2-4-10(8-11)12-6-3-7-14(15(17)18)13(12)9-16/h2-8,16H,9H2,1H3. The molecule has 0 aromatic heterocycles. The van der Waals surface area contributed by atoms with Crippen molar-refractivity contribution in [3.05, 3.63) is 58.1 Å². The van der Waals surface area contributed by atoms with E-state index in [1.54, 1.807) is 37.4 Å². The average Bonchev–Trinajstić information content (AvgIpc) is 2.46. The van der Waals surface area contributed by atoms with E-state index in [9.17, 15) is 15.2 Å². The van der Waals surface area contributed by atoms with Crippen molar-refractivity contribution in [2.24, 2.45) is 0 Å². The van der Waals surface area contributed by atoms with Crippen LogP contribution in [0.2, 0.25) is 0 Å². The van der Waals surface area contributed by atoms with E-state index in [2.05, 4.69) is 0 Å². The van der Waals surface area contributed by atoms with E-state index >= 15 is 0 Å². The number of nitro benzene ring substituents is 1. The smallest absolute Gasteiger partial charge is 0.275 e. The van der Waals surface area contributed by atoms with Crippen molar-refractivity contribution >= 4 is 5.69 Å². The third kappa shape index (κ3) is 2.56. The topological polar surface area (TPSA) is 72.6 Å². The Kier molecular flexibility index (Phi) is 3.77. The Hall–Kier alpha value is -2.40. The van der Waals surface area contributed by atoms with Crippen molar-refractivity contribution < 1.29 is 14.8 Å². The molecule has 0 bridgehead atoms. The molecule has 19 heavy (non-hydrogen) atoms. The highest BCUT2D eigenvalue weighted by Crippen LogP contribution is 2.32. The Morgan fingerprint density at radius 3 is 2.63 bits per heavy atom. The second kappa shape index (κ2) is 5.49. The van der Waals surface area contributed by atoms with E-state index in [4.69, 9.17) is 4.74 Å². The molecule has 0 saturated carbocycles. The average molecular weight is 259 g/mol. The van der Waals surface area contributed by atoms with Gasteiger partial charge in [0.15, 0.2) is 0 Å². The fourth-order valence-corrected chi connectivity index (χ4v) is 1.97. The van der Waals surface area contributed by atoms with Crippen LogP contribution in [0.5, 0.6) is 5.75 Å². The van der Waals surface area contributed by atoms with Gasteiger partial charge in [0, 0.05) is 6.07 Å². The first-order valence-corrected chi connectivity index (χ1v) is 5.69. The molecule has 1 N–H and O–H groups in total. The van der Waals surface area contributed by atoms with E-state index in [0.717, 1.165) is 5.56 Å². The lowest BCUT2D eigenvalue weighted by molar-refractivity contribution is -0.385. The normalized spacial score (nSPS) is 10.2. The summed E-state index contributed by atoms with van der Waals surface area (Å²) in [6.45, 7) is -0.385. The Labute approximate surface area is 110 Å². The van der Waals surface area contributed by atoms with Crippen LogP contribution < -0.4 is 4.74 Å². The van der Waals surface area contributed by atoms with E-state index in [0.29, 0.717) is 16.9 Å². The number of hydrogen-bond donors (Lipinski definition) is 1. The minimum absolute atomic E-state index is 0.0807. The third-order valence-corrected chi connectivity index (χ3v) is 2.89. The largest absolute Gasteiger partial charge is 0.497 e. The molecule has 0 unspecified atom stereocenters. The fraction of sp³-hybridized carbons (Fsp3) is 0.143. The summed E-state index contributed by atoms with van der Waals surface area (Å²) < 4.78 is 5.13. The first-order valence-electron chi connectivity index (χ1n) is 5.69. The van der Waals surface area contributed by atoms with Crippen LogP contribution in [0, 0.1) is 10.1 Å². The molecule has 0 atom stereocenters. The zero-order chi connectivity index (χ0) is 13.8. The van der Waals surface area contributed by atoms with Gasteiger partial charge >= 0.3 is 0 Å². The molecule has 98 valence electrons. The maximum Gasteiger partial charge on any atom is 0.275 e. The van der Waals surface area contributed by atoms with E-state index in [1.807, 2.05) is 6.07 Å². The number of nitrogens with zero attached hydrogens (tertiary/aromatic N) is 1. The summed E-state index contributed by atoms with van der Waals surface area (Å²) in [5.74, 6) is 0.660. The predicted octanol–water partition coefficient (Wildman–Crippen LogP) is 2.76. The molecule has 2 aromatic rings. The SMILES string of the molecule is COc1cccc(-c2cccc([N+](=O)[O-])c2CO)c1. The maximum atomic E-state index is 11.0. The Morgan fingerprint density at radius 2 is 2.00 bits per heavy atom. The molecule has 2 rings (SSSR count). The van der Waals surface area contributed by atoms with Gasteiger partial charge in [0.05, 0.1) is 24.2 Å². The monoisotopic (exact) mass is 259 g/mol. The van der Waals surface area contributed by atoms with Gasteiger partial charge in [0.25, 0.3) is 5.69 Å². The van der Waals surface area contributed by atoms with Gasteiger partial charge in [-0.15, -0.1) is 0 Å². The van der Waals surface area contributed by atoms with Crippen LogP contribution in [-0.4, -0.2) is 17.1 Å². The number of aliphatic hydroxyl groups excluding tert-OH is 1. The summed E-state index contributed by atoms with van der Waals surface area (Å²) in [4.78, 5) is 10.5. The molecule has 0 aliphatic rings.